The van der Waals surface area contributed by atoms with Gasteiger partial charge in [0.1, 0.15) is 5.75 Å². The topological polar surface area (TPSA) is 38.8 Å². The zero-order chi connectivity index (χ0) is 15.6. The van der Waals surface area contributed by atoms with Crippen LogP contribution in [0.25, 0.3) is 0 Å². The van der Waals surface area contributed by atoms with E-state index in [0.29, 0.717) is 13.0 Å². The summed E-state index contributed by atoms with van der Waals surface area (Å²) in [5.74, 6) is 1.06. The molecule has 0 radical (unpaired) electrons. The first kappa shape index (κ1) is 17.0. The Morgan fingerprint density at radius 2 is 1.91 bits per heavy atom. The summed E-state index contributed by atoms with van der Waals surface area (Å²) in [5.41, 5.74) is 0.786. The van der Waals surface area contributed by atoms with E-state index < -0.39 is 0 Å². The van der Waals surface area contributed by atoms with Crippen molar-refractivity contribution in [3.8, 4) is 5.75 Å². The Kier molecular flexibility index (Phi) is 7.40. The Hall–Kier alpha value is -1.39. The van der Waals surface area contributed by atoms with Crippen molar-refractivity contribution < 1.29 is 14.3 Å². The molecule has 2 rings (SSSR count). The molecule has 0 saturated carbocycles. The Morgan fingerprint density at radius 3 is 2.59 bits per heavy atom. The van der Waals surface area contributed by atoms with Gasteiger partial charge in [-0.25, -0.2) is 0 Å². The molecule has 1 aliphatic heterocycles. The number of benzene rings is 1. The first-order valence-electron chi connectivity index (χ1n) is 8.35. The lowest BCUT2D eigenvalue weighted by Gasteiger charge is -2.26. The lowest BCUT2D eigenvalue weighted by Crippen LogP contribution is -2.37. The first-order valence-corrected chi connectivity index (χ1v) is 8.35. The molecule has 1 fully saturated rings. The van der Waals surface area contributed by atoms with Gasteiger partial charge < -0.3 is 9.47 Å². The monoisotopic (exact) mass is 305 g/mol. The number of Topliss-reactive ketones (excluding diaryl/α,β-unsaturated/α-hetero) is 1. The number of unbranched alkanes of at least 4 members (excludes halogenated alkanes) is 1. The van der Waals surface area contributed by atoms with Crippen LogP contribution in [0.1, 0.15) is 43.0 Å². The van der Waals surface area contributed by atoms with Gasteiger partial charge in [-0.1, -0.05) is 13.3 Å². The highest BCUT2D eigenvalue weighted by Gasteiger charge is 2.09. The van der Waals surface area contributed by atoms with Crippen molar-refractivity contribution >= 4 is 5.78 Å². The summed E-state index contributed by atoms with van der Waals surface area (Å²) in [6.45, 7) is 7.59. The van der Waals surface area contributed by atoms with E-state index in [0.717, 1.165) is 63.4 Å². The maximum atomic E-state index is 11.9. The average Bonchev–Trinajstić information content (AvgIpc) is 2.58. The van der Waals surface area contributed by atoms with Crippen LogP contribution in [0.15, 0.2) is 24.3 Å². The quantitative estimate of drug-likeness (QED) is 0.519. The highest BCUT2D eigenvalue weighted by atomic mass is 16.5. The van der Waals surface area contributed by atoms with E-state index in [4.69, 9.17) is 9.47 Å². The Bertz CT molecular complexity index is 438. The molecule has 0 bridgehead atoms. The Balaban J connectivity index is 1.66. The van der Waals surface area contributed by atoms with E-state index in [-0.39, 0.29) is 5.78 Å². The third-order valence-corrected chi connectivity index (χ3v) is 3.92. The van der Waals surface area contributed by atoms with Gasteiger partial charge in [-0.05, 0) is 37.1 Å². The van der Waals surface area contributed by atoms with Crippen LogP contribution in [0.3, 0.4) is 0 Å². The van der Waals surface area contributed by atoms with E-state index in [1.807, 2.05) is 24.3 Å². The Labute approximate surface area is 133 Å². The van der Waals surface area contributed by atoms with Crippen LogP contribution in [0.5, 0.6) is 5.75 Å². The minimum absolute atomic E-state index is 0.223. The summed E-state index contributed by atoms with van der Waals surface area (Å²) < 4.78 is 11.1. The molecule has 122 valence electrons. The maximum Gasteiger partial charge on any atom is 0.162 e. The summed E-state index contributed by atoms with van der Waals surface area (Å²) in [5, 5.41) is 0. The number of ketones is 1. The zero-order valence-corrected chi connectivity index (χ0v) is 13.6. The van der Waals surface area contributed by atoms with E-state index >= 15 is 0 Å². The molecule has 1 heterocycles. The van der Waals surface area contributed by atoms with E-state index in [1.54, 1.807) is 0 Å². The fourth-order valence-corrected chi connectivity index (χ4v) is 2.52. The van der Waals surface area contributed by atoms with Crippen LogP contribution >= 0.6 is 0 Å². The molecule has 1 aromatic rings. The molecule has 0 aromatic heterocycles. The average molecular weight is 305 g/mol. The number of hydrogen-bond donors (Lipinski definition) is 0. The minimum Gasteiger partial charge on any atom is -0.494 e. The summed E-state index contributed by atoms with van der Waals surface area (Å²) in [6, 6.07) is 7.53. The second-order valence-corrected chi connectivity index (χ2v) is 5.71. The molecular weight excluding hydrogens is 278 g/mol. The number of ether oxygens (including phenoxy) is 2. The van der Waals surface area contributed by atoms with Crippen LogP contribution in [0, 0.1) is 0 Å². The van der Waals surface area contributed by atoms with Crippen LogP contribution in [0.2, 0.25) is 0 Å². The summed E-state index contributed by atoms with van der Waals surface area (Å²) in [6.07, 6.45) is 3.65. The van der Waals surface area contributed by atoms with Crippen LogP contribution in [0.4, 0.5) is 0 Å². The molecule has 4 heteroatoms. The molecule has 0 N–H and O–H groups in total. The molecule has 22 heavy (non-hydrogen) atoms. The van der Waals surface area contributed by atoms with E-state index in [9.17, 15) is 4.79 Å². The number of carbonyl (C=O) groups is 1. The highest BCUT2D eigenvalue weighted by molar-refractivity contribution is 5.96. The van der Waals surface area contributed by atoms with E-state index in [2.05, 4.69) is 11.8 Å². The van der Waals surface area contributed by atoms with E-state index in [1.165, 1.54) is 0 Å². The van der Waals surface area contributed by atoms with Crippen molar-refractivity contribution in [2.24, 2.45) is 0 Å². The minimum atomic E-state index is 0.223. The molecule has 0 atom stereocenters. The SMILES string of the molecule is CCCCC(=O)c1ccc(OCCCN2CCOCC2)cc1. The van der Waals surface area contributed by atoms with Crippen molar-refractivity contribution in [1.82, 2.24) is 4.90 Å². The fourth-order valence-electron chi connectivity index (χ4n) is 2.52. The fraction of sp³-hybridized carbons (Fsp3) is 0.611. The lowest BCUT2D eigenvalue weighted by molar-refractivity contribution is 0.0358. The van der Waals surface area contributed by atoms with Gasteiger partial charge in [0, 0.05) is 31.6 Å². The largest absolute Gasteiger partial charge is 0.494 e. The molecule has 0 amide bonds. The lowest BCUT2D eigenvalue weighted by atomic mass is 10.1. The number of hydrogen-bond acceptors (Lipinski definition) is 4. The standard InChI is InChI=1S/C18H27NO3/c1-2-3-5-18(20)16-6-8-17(9-7-16)22-13-4-10-19-11-14-21-15-12-19/h6-9H,2-5,10-15H2,1H3. The van der Waals surface area contributed by atoms with Gasteiger partial charge in [-0.2, -0.15) is 0 Å². The zero-order valence-electron chi connectivity index (χ0n) is 13.6. The number of carbonyl (C=O) groups excluding carboxylic acids is 1. The van der Waals surface area contributed by atoms with Crippen LogP contribution in [-0.4, -0.2) is 50.1 Å². The van der Waals surface area contributed by atoms with Crippen molar-refractivity contribution in [3.63, 3.8) is 0 Å². The van der Waals surface area contributed by atoms with Gasteiger partial charge in [0.25, 0.3) is 0 Å². The second kappa shape index (κ2) is 9.59. The number of rotatable bonds is 9. The molecule has 0 unspecified atom stereocenters. The van der Waals surface area contributed by atoms with Crippen molar-refractivity contribution in [2.45, 2.75) is 32.6 Å². The van der Waals surface area contributed by atoms with Crippen molar-refractivity contribution in [2.75, 3.05) is 39.5 Å². The molecule has 4 nitrogen and oxygen atoms in total. The smallest absolute Gasteiger partial charge is 0.162 e. The number of nitrogens with zero attached hydrogens (tertiary/aromatic N) is 1. The van der Waals surface area contributed by atoms with Gasteiger partial charge in [-0.15, -0.1) is 0 Å². The molecular formula is C18H27NO3. The highest BCUT2D eigenvalue weighted by Crippen LogP contribution is 2.14. The predicted octanol–water partition coefficient (Wildman–Crippen LogP) is 3.16. The molecule has 0 spiro atoms. The maximum absolute atomic E-state index is 11.9. The van der Waals surface area contributed by atoms with Crippen LogP contribution in [-0.2, 0) is 4.74 Å². The van der Waals surface area contributed by atoms with Gasteiger partial charge in [-0.3, -0.25) is 9.69 Å². The van der Waals surface area contributed by atoms with Crippen molar-refractivity contribution in [3.05, 3.63) is 29.8 Å². The molecule has 1 aromatic carbocycles. The summed E-state index contributed by atoms with van der Waals surface area (Å²) in [7, 11) is 0. The van der Waals surface area contributed by atoms with Crippen molar-refractivity contribution in [1.29, 1.82) is 0 Å². The van der Waals surface area contributed by atoms with Gasteiger partial charge >= 0.3 is 0 Å². The molecule has 1 aliphatic rings. The first-order chi connectivity index (χ1) is 10.8. The van der Waals surface area contributed by atoms with Crippen LogP contribution < -0.4 is 4.74 Å². The third-order valence-electron chi connectivity index (χ3n) is 3.92. The number of morpholine rings is 1. The molecule has 0 aliphatic carbocycles. The normalized spacial score (nSPS) is 15.7. The second-order valence-electron chi connectivity index (χ2n) is 5.71. The summed E-state index contributed by atoms with van der Waals surface area (Å²) in [4.78, 5) is 14.3. The van der Waals surface area contributed by atoms with Gasteiger partial charge in [0.2, 0.25) is 0 Å². The predicted molar refractivity (Wildman–Crippen MR) is 87.7 cm³/mol. The van der Waals surface area contributed by atoms with Gasteiger partial charge in [0.15, 0.2) is 5.78 Å². The third kappa shape index (κ3) is 5.78. The Morgan fingerprint density at radius 1 is 1.18 bits per heavy atom. The summed E-state index contributed by atoms with van der Waals surface area (Å²) >= 11 is 0. The van der Waals surface area contributed by atoms with Gasteiger partial charge in [0.05, 0.1) is 19.8 Å². The molecule has 1 saturated heterocycles.